The maximum atomic E-state index is 13.2. The second-order valence-electron chi connectivity index (χ2n) is 9.88. The van der Waals surface area contributed by atoms with Crippen LogP contribution in [0, 0.1) is 5.92 Å². The summed E-state index contributed by atoms with van der Waals surface area (Å²) in [6.07, 6.45) is -0.445. The van der Waals surface area contributed by atoms with E-state index >= 15 is 0 Å². The van der Waals surface area contributed by atoms with Crippen LogP contribution in [0.15, 0.2) is 42.5 Å². The van der Waals surface area contributed by atoms with Crippen molar-refractivity contribution >= 4 is 34.6 Å². The molecule has 0 unspecified atom stereocenters. The van der Waals surface area contributed by atoms with E-state index in [4.69, 9.17) is 16.6 Å². The van der Waals surface area contributed by atoms with E-state index in [1.54, 1.807) is 10.6 Å². The molecule has 2 N–H and O–H groups in total. The van der Waals surface area contributed by atoms with Gasteiger partial charge in [-0.1, -0.05) is 43.1 Å². The topological polar surface area (TPSA) is 92.9 Å². The lowest BCUT2D eigenvalue weighted by atomic mass is 9.80. The second kappa shape index (κ2) is 10.5. The Morgan fingerprint density at radius 1 is 1.13 bits per heavy atom. The van der Waals surface area contributed by atoms with Gasteiger partial charge in [0.1, 0.15) is 11.3 Å². The molecular weight excluding hydrogens is 531 g/mol. The highest BCUT2D eigenvalue weighted by atomic mass is 35.5. The van der Waals surface area contributed by atoms with Crippen molar-refractivity contribution in [2.24, 2.45) is 5.92 Å². The summed E-state index contributed by atoms with van der Waals surface area (Å²) in [5, 5.41) is 13.5. The van der Waals surface area contributed by atoms with Crippen LogP contribution in [-0.2, 0) is 19.1 Å². The summed E-state index contributed by atoms with van der Waals surface area (Å²) in [4.78, 5) is 25.1. The number of alkyl halides is 3. The molecule has 0 spiro atoms. The van der Waals surface area contributed by atoms with E-state index in [9.17, 15) is 23.1 Å². The summed E-state index contributed by atoms with van der Waals surface area (Å²) < 4.78 is 41.3. The highest BCUT2D eigenvalue weighted by Gasteiger charge is 2.31. The van der Waals surface area contributed by atoms with Crippen molar-refractivity contribution in [1.29, 1.82) is 0 Å². The number of fused-ring (bicyclic) bond motifs is 1. The minimum absolute atomic E-state index is 0.0170. The quantitative estimate of drug-likeness (QED) is 0.240. The fourth-order valence-electron chi connectivity index (χ4n) is 4.81. The number of nitrogens with zero attached hydrogens (tertiary/aromatic N) is 4. The summed E-state index contributed by atoms with van der Waals surface area (Å²) >= 11 is 6.61. The molecule has 204 valence electrons. The highest BCUT2D eigenvalue weighted by molar-refractivity contribution is 6.33. The summed E-state index contributed by atoms with van der Waals surface area (Å²) in [6, 6.07) is 10.5. The minimum atomic E-state index is -4.45. The van der Waals surface area contributed by atoms with E-state index < -0.39 is 23.5 Å². The van der Waals surface area contributed by atoms with Crippen molar-refractivity contribution in [3.05, 3.63) is 70.0 Å². The first-order valence-electron chi connectivity index (χ1n) is 12.8. The molecule has 0 saturated heterocycles. The van der Waals surface area contributed by atoms with E-state index in [1.807, 2.05) is 26.0 Å². The van der Waals surface area contributed by atoms with Gasteiger partial charge < -0.3 is 15.0 Å². The molecule has 0 radical (unpaired) electrons. The Balaban J connectivity index is 1.71. The fraction of sp³-hybridized carbons (Fsp3) is 0.357. The van der Waals surface area contributed by atoms with Crippen molar-refractivity contribution in [1.82, 2.24) is 19.5 Å². The van der Waals surface area contributed by atoms with E-state index in [1.165, 1.54) is 12.1 Å². The first-order chi connectivity index (χ1) is 18.5. The monoisotopic (exact) mass is 557 g/mol. The van der Waals surface area contributed by atoms with Crippen molar-refractivity contribution in [2.45, 2.75) is 58.3 Å². The standard InChI is InChI=1S/C28H27ClF3N5O2/c1-3-16-9-12-21(29)20(13-16)26-36-24-22(37(26)14-17-7-10-19(11-8-17)28(30,31)32)23(34-25(35-24)27(38)39)33-15(2)18-5-4-6-18/h7-13,15,18H,3-6,14H2,1-2H3,(H,38,39)(H,33,34,35)/t15-/m1/s1. The molecule has 11 heteroatoms. The number of rotatable bonds is 8. The lowest BCUT2D eigenvalue weighted by Crippen LogP contribution is -2.31. The number of carbonyl (C=O) groups is 1. The number of aromatic carboxylic acids is 1. The summed E-state index contributed by atoms with van der Waals surface area (Å²) in [7, 11) is 0. The summed E-state index contributed by atoms with van der Waals surface area (Å²) in [5.41, 5.74) is 2.08. The van der Waals surface area contributed by atoms with Gasteiger partial charge in [0.15, 0.2) is 11.5 Å². The maximum absolute atomic E-state index is 13.2. The molecule has 0 amide bonds. The molecule has 0 aliphatic heterocycles. The molecule has 1 fully saturated rings. The zero-order chi connectivity index (χ0) is 27.9. The zero-order valence-corrected chi connectivity index (χ0v) is 22.1. The maximum Gasteiger partial charge on any atom is 0.416 e. The number of hydrogen-bond acceptors (Lipinski definition) is 5. The van der Waals surface area contributed by atoms with Crippen LogP contribution in [0.2, 0.25) is 5.02 Å². The van der Waals surface area contributed by atoms with Crippen molar-refractivity contribution in [3.63, 3.8) is 0 Å². The Morgan fingerprint density at radius 2 is 1.82 bits per heavy atom. The number of anilines is 1. The molecule has 39 heavy (non-hydrogen) atoms. The molecule has 7 nitrogen and oxygen atoms in total. The highest BCUT2D eigenvalue weighted by Crippen LogP contribution is 2.36. The number of nitrogens with one attached hydrogen (secondary N) is 1. The fourth-order valence-corrected chi connectivity index (χ4v) is 5.01. The van der Waals surface area contributed by atoms with Crippen LogP contribution in [0.25, 0.3) is 22.6 Å². The van der Waals surface area contributed by atoms with E-state index in [2.05, 4.69) is 15.3 Å². The lowest BCUT2D eigenvalue weighted by molar-refractivity contribution is -0.137. The van der Waals surface area contributed by atoms with Crippen LogP contribution in [0.1, 0.15) is 60.4 Å². The first-order valence-corrected chi connectivity index (χ1v) is 13.2. The molecule has 1 aliphatic carbocycles. The Bertz CT molecular complexity index is 1530. The SMILES string of the molecule is CCc1ccc(Cl)c(-c2nc3nc(C(=O)O)nc(N[C@H](C)C4CCC4)c3n2Cc2ccc(C(F)(F)F)cc2)c1. The third-order valence-corrected chi connectivity index (χ3v) is 7.65. The smallest absolute Gasteiger partial charge is 0.416 e. The van der Waals surface area contributed by atoms with Crippen LogP contribution in [0.4, 0.5) is 19.0 Å². The molecule has 1 aliphatic rings. The molecule has 5 rings (SSSR count). The number of aromatic nitrogens is 4. The van der Waals surface area contributed by atoms with Gasteiger partial charge in [-0.05, 0) is 67.5 Å². The van der Waals surface area contributed by atoms with Crippen molar-refractivity contribution in [3.8, 4) is 11.4 Å². The second-order valence-corrected chi connectivity index (χ2v) is 10.3. The number of aryl methyl sites for hydroxylation is 1. The van der Waals surface area contributed by atoms with Gasteiger partial charge in [-0.2, -0.15) is 13.2 Å². The Labute approximate surface area is 228 Å². The van der Waals surface area contributed by atoms with Crippen LogP contribution in [0.3, 0.4) is 0 Å². The predicted octanol–water partition coefficient (Wildman–Crippen LogP) is 7.07. The molecule has 2 heterocycles. The lowest BCUT2D eigenvalue weighted by Gasteiger charge is -2.32. The van der Waals surface area contributed by atoms with Crippen LogP contribution in [0.5, 0.6) is 0 Å². The number of benzene rings is 2. The number of carboxylic acids is 1. The summed E-state index contributed by atoms with van der Waals surface area (Å²) in [5.74, 6) is -0.539. The van der Waals surface area contributed by atoms with Gasteiger partial charge in [-0.25, -0.2) is 19.7 Å². The molecule has 2 aromatic heterocycles. The van der Waals surface area contributed by atoms with Crippen molar-refractivity contribution in [2.75, 3.05) is 5.32 Å². The summed E-state index contributed by atoms with van der Waals surface area (Å²) in [6.45, 7) is 4.17. The normalized spacial score (nSPS) is 14.8. The van der Waals surface area contributed by atoms with Crippen LogP contribution < -0.4 is 5.32 Å². The van der Waals surface area contributed by atoms with Crippen LogP contribution in [-0.4, -0.2) is 36.6 Å². The molecular formula is C28H27ClF3N5O2. The number of carboxylic acid groups (broad SMARTS) is 1. The molecule has 0 bridgehead atoms. The van der Waals surface area contributed by atoms with E-state index in [0.717, 1.165) is 43.4 Å². The molecule has 1 saturated carbocycles. The number of halogens is 4. The average molecular weight is 558 g/mol. The Hall–Kier alpha value is -3.66. The van der Waals surface area contributed by atoms with Gasteiger partial charge in [-0.15, -0.1) is 0 Å². The Kier molecular flexibility index (Phi) is 7.24. The Morgan fingerprint density at radius 3 is 2.41 bits per heavy atom. The van der Waals surface area contributed by atoms with E-state index in [0.29, 0.717) is 39.2 Å². The van der Waals surface area contributed by atoms with E-state index in [-0.39, 0.29) is 18.2 Å². The largest absolute Gasteiger partial charge is 0.475 e. The van der Waals surface area contributed by atoms with Crippen molar-refractivity contribution < 1.29 is 23.1 Å². The van der Waals surface area contributed by atoms with Gasteiger partial charge in [-0.3, -0.25) is 0 Å². The third kappa shape index (κ3) is 5.43. The average Bonchev–Trinajstić information content (AvgIpc) is 3.21. The molecule has 2 aromatic carbocycles. The van der Waals surface area contributed by atoms with Gasteiger partial charge in [0, 0.05) is 18.2 Å². The van der Waals surface area contributed by atoms with Gasteiger partial charge in [0.2, 0.25) is 5.82 Å². The van der Waals surface area contributed by atoms with Gasteiger partial charge in [0.25, 0.3) is 0 Å². The minimum Gasteiger partial charge on any atom is -0.475 e. The predicted molar refractivity (Wildman–Crippen MR) is 143 cm³/mol. The third-order valence-electron chi connectivity index (χ3n) is 7.32. The first kappa shape index (κ1) is 26.9. The van der Waals surface area contributed by atoms with Gasteiger partial charge in [0.05, 0.1) is 10.6 Å². The number of hydrogen-bond donors (Lipinski definition) is 2. The number of imidazole rings is 1. The zero-order valence-electron chi connectivity index (χ0n) is 21.4. The van der Waals surface area contributed by atoms with Crippen LogP contribution >= 0.6 is 11.6 Å². The molecule has 4 aromatic rings. The molecule has 1 atom stereocenters. The van der Waals surface area contributed by atoms with Gasteiger partial charge >= 0.3 is 12.1 Å².